The number of hydrogen-bond acceptors (Lipinski definition) is 4. The molecule has 1 heterocycles. The average molecular weight is 389 g/mol. The van der Waals surface area contributed by atoms with Gasteiger partial charge in [0.15, 0.2) is 0 Å². The van der Waals surface area contributed by atoms with Gasteiger partial charge in [-0.2, -0.15) is 0 Å². The van der Waals surface area contributed by atoms with Crippen molar-refractivity contribution < 1.29 is 19.1 Å². The molecule has 1 saturated heterocycles. The van der Waals surface area contributed by atoms with Crippen LogP contribution in [0.3, 0.4) is 0 Å². The molecule has 0 spiro atoms. The molecule has 3 rings (SSSR count). The molecule has 142 valence electrons. The molecule has 3 N–H and O–H groups in total. The third-order valence-corrected chi connectivity index (χ3v) is 5.16. The van der Waals surface area contributed by atoms with E-state index in [1.54, 1.807) is 24.3 Å². The first kappa shape index (κ1) is 19.2. The molecule has 2 aromatic rings. The van der Waals surface area contributed by atoms with Gasteiger partial charge in [0.25, 0.3) is 0 Å². The van der Waals surface area contributed by atoms with Crippen molar-refractivity contribution in [1.82, 2.24) is 0 Å². The van der Waals surface area contributed by atoms with E-state index in [-0.39, 0.29) is 5.91 Å². The van der Waals surface area contributed by atoms with E-state index < -0.39 is 11.3 Å². The SMILES string of the molecule is COc1ccc(C(N)=O)cc1NC(=O)C1(c2ccc(Cl)cc2)CCOCC1. The van der Waals surface area contributed by atoms with Crippen molar-refractivity contribution in [2.75, 3.05) is 25.6 Å². The number of benzene rings is 2. The highest BCUT2D eigenvalue weighted by Gasteiger charge is 2.42. The number of rotatable bonds is 5. The minimum absolute atomic E-state index is 0.187. The van der Waals surface area contributed by atoms with Crippen LogP contribution in [0.2, 0.25) is 5.02 Å². The number of nitrogens with two attached hydrogens (primary N) is 1. The number of anilines is 1. The quantitative estimate of drug-likeness (QED) is 0.823. The summed E-state index contributed by atoms with van der Waals surface area (Å²) in [4.78, 5) is 24.8. The Hall–Kier alpha value is -2.57. The maximum Gasteiger partial charge on any atom is 0.248 e. The molecule has 7 heteroatoms. The lowest BCUT2D eigenvalue weighted by Crippen LogP contribution is -2.44. The van der Waals surface area contributed by atoms with Crippen LogP contribution in [0.5, 0.6) is 5.75 Å². The Morgan fingerprint density at radius 1 is 1.15 bits per heavy atom. The minimum Gasteiger partial charge on any atom is -0.495 e. The van der Waals surface area contributed by atoms with Gasteiger partial charge >= 0.3 is 0 Å². The van der Waals surface area contributed by atoms with Gasteiger partial charge in [-0.15, -0.1) is 0 Å². The third kappa shape index (κ3) is 3.91. The molecule has 2 amide bonds. The van der Waals surface area contributed by atoms with E-state index in [0.29, 0.717) is 48.1 Å². The molecule has 0 aliphatic carbocycles. The predicted octanol–water partition coefficient (Wildman–Crippen LogP) is 3.13. The molecule has 2 aromatic carbocycles. The summed E-state index contributed by atoms with van der Waals surface area (Å²) >= 11 is 6.01. The van der Waals surface area contributed by atoms with Crippen LogP contribution in [-0.2, 0) is 14.9 Å². The second-order valence-corrected chi connectivity index (χ2v) is 6.87. The van der Waals surface area contributed by atoms with Crippen LogP contribution in [0.25, 0.3) is 0 Å². The molecule has 0 radical (unpaired) electrons. The lowest BCUT2D eigenvalue weighted by atomic mass is 9.73. The van der Waals surface area contributed by atoms with Crippen molar-refractivity contribution in [2.24, 2.45) is 5.73 Å². The van der Waals surface area contributed by atoms with Gasteiger partial charge in [0, 0.05) is 23.8 Å². The predicted molar refractivity (Wildman–Crippen MR) is 103 cm³/mol. The van der Waals surface area contributed by atoms with Gasteiger partial charge in [-0.25, -0.2) is 0 Å². The zero-order valence-electron chi connectivity index (χ0n) is 15.0. The number of ether oxygens (including phenoxy) is 2. The number of amides is 2. The van der Waals surface area contributed by atoms with Crippen LogP contribution in [-0.4, -0.2) is 32.1 Å². The Bertz CT molecular complexity index is 846. The Morgan fingerprint density at radius 3 is 2.41 bits per heavy atom. The van der Waals surface area contributed by atoms with Crippen molar-refractivity contribution in [3.63, 3.8) is 0 Å². The van der Waals surface area contributed by atoms with E-state index in [0.717, 1.165) is 5.56 Å². The minimum atomic E-state index is -0.753. The van der Waals surface area contributed by atoms with Crippen LogP contribution >= 0.6 is 11.6 Å². The van der Waals surface area contributed by atoms with Gasteiger partial charge in [0.1, 0.15) is 5.75 Å². The highest BCUT2D eigenvalue weighted by atomic mass is 35.5. The average Bonchev–Trinajstić information content (AvgIpc) is 2.68. The molecule has 0 aromatic heterocycles. The highest BCUT2D eigenvalue weighted by Crippen LogP contribution is 2.38. The number of hydrogen-bond donors (Lipinski definition) is 2. The molecule has 6 nitrogen and oxygen atoms in total. The standard InChI is InChI=1S/C20H21ClN2O4/c1-26-17-7-2-13(18(22)24)12-16(17)23-19(25)20(8-10-27-11-9-20)14-3-5-15(21)6-4-14/h2-7,12H,8-11H2,1H3,(H2,22,24)(H,23,25). The number of methoxy groups -OCH3 is 1. The second kappa shape index (κ2) is 7.98. The lowest BCUT2D eigenvalue weighted by molar-refractivity contribution is -0.125. The first-order valence-corrected chi connectivity index (χ1v) is 8.97. The van der Waals surface area contributed by atoms with Crippen molar-refractivity contribution in [1.29, 1.82) is 0 Å². The molecular weight excluding hydrogens is 368 g/mol. The van der Waals surface area contributed by atoms with Crippen LogP contribution in [0.15, 0.2) is 42.5 Å². The van der Waals surface area contributed by atoms with Crippen molar-refractivity contribution in [3.05, 3.63) is 58.6 Å². The second-order valence-electron chi connectivity index (χ2n) is 6.43. The molecule has 27 heavy (non-hydrogen) atoms. The molecule has 1 aliphatic rings. The molecular formula is C20H21ClN2O4. The first-order chi connectivity index (χ1) is 13.0. The van der Waals surface area contributed by atoms with Crippen LogP contribution in [0, 0.1) is 0 Å². The van der Waals surface area contributed by atoms with E-state index in [2.05, 4.69) is 5.32 Å². The topological polar surface area (TPSA) is 90.6 Å². The number of nitrogens with one attached hydrogen (secondary N) is 1. The molecule has 1 aliphatic heterocycles. The molecule has 0 bridgehead atoms. The Balaban J connectivity index is 1.97. The molecule has 0 atom stereocenters. The maximum atomic E-state index is 13.4. The fourth-order valence-electron chi connectivity index (χ4n) is 3.34. The summed E-state index contributed by atoms with van der Waals surface area (Å²) in [5.74, 6) is -0.314. The summed E-state index contributed by atoms with van der Waals surface area (Å²) in [7, 11) is 1.50. The Kier molecular flexibility index (Phi) is 5.68. The zero-order valence-corrected chi connectivity index (χ0v) is 15.7. The summed E-state index contributed by atoms with van der Waals surface area (Å²) in [6, 6.07) is 12.0. The van der Waals surface area contributed by atoms with E-state index in [9.17, 15) is 9.59 Å². The summed E-state index contributed by atoms with van der Waals surface area (Å²) in [5.41, 5.74) is 6.17. The molecule has 0 saturated carbocycles. The lowest BCUT2D eigenvalue weighted by Gasteiger charge is -2.36. The van der Waals surface area contributed by atoms with Gasteiger partial charge in [-0.3, -0.25) is 9.59 Å². The number of primary amides is 1. The van der Waals surface area contributed by atoms with Gasteiger partial charge in [0.05, 0.1) is 18.2 Å². The van der Waals surface area contributed by atoms with Crippen LogP contribution < -0.4 is 15.8 Å². The number of carbonyl (C=O) groups excluding carboxylic acids is 2. The van der Waals surface area contributed by atoms with Crippen LogP contribution in [0.1, 0.15) is 28.8 Å². The van der Waals surface area contributed by atoms with E-state index in [1.807, 2.05) is 12.1 Å². The van der Waals surface area contributed by atoms with Crippen LogP contribution in [0.4, 0.5) is 5.69 Å². The van der Waals surface area contributed by atoms with E-state index in [4.69, 9.17) is 26.8 Å². The van der Waals surface area contributed by atoms with E-state index >= 15 is 0 Å². The van der Waals surface area contributed by atoms with Gasteiger partial charge in [0.2, 0.25) is 11.8 Å². The number of halogens is 1. The van der Waals surface area contributed by atoms with Crippen molar-refractivity contribution in [3.8, 4) is 5.75 Å². The fourth-order valence-corrected chi connectivity index (χ4v) is 3.46. The third-order valence-electron chi connectivity index (χ3n) is 4.91. The largest absolute Gasteiger partial charge is 0.495 e. The first-order valence-electron chi connectivity index (χ1n) is 8.59. The monoisotopic (exact) mass is 388 g/mol. The summed E-state index contributed by atoms with van der Waals surface area (Å²) in [6.45, 7) is 0.961. The van der Waals surface area contributed by atoms with Gasteiger partial charge in [-0.1, -0.05) is 23.7 Å². The highest BCUT2D eigenvalue weighted by molar-refractivity contribution is 6.30. The normalized spacial score (nSPS) is 15.8. The van der Waals surface area contributed by atoms with Gasteiger partial charge < -0.3 is 20.5 Å². The van der Waals surface area contributed by atoms with Gasteiger partial charge in [-0.05, 0) is 48.7 Å². The zero-order chi connectivity index (χ0) is 19.4. The summed E-state index contributed by atoms with van der Waals surface area (Å²) in [6.07, 6.45) is 1.08. The Labute approximate surface area is 162 Å². The fraction of sp³-hybridized carbons (Fsp3) is 0.300. The molecule has 1 fully saturated rings. The summed E-state index contributed by atoms with van der Waals surface area (Å²) < 4.78 is 10.8. The molecule has 0 unspecified atom stereocenters. The number of carbonyl (C=O) groups is 2. The van der Waals surface area contributed by atoms with E-state index in [1.165, 1.54) is 13.2 Å². The van der Waals surface area contributed by atoms with Crippen molar-refractivity contribution in [2.45, 2.75) is 18.3 Å². The Morgan fingerprint density at radius 2 is 1.81 bits per heavy atom. The van der Waals surface area contributed by atoms with Crippen molar-refractivity contribution >= 4 is 29.1 Å². The smallest absolute Gasteiger partial charge is 0.248 e. The maximum absolute atomic E-state index is 13.4. The summed E-state index contributed by atoms with van der Waals surface area (Å²) in [5, 5.41) is 3.53.